The van der Waals surface area contributed by atoms with Gasteiger partial charge in [-0.15, -0.1) is 0 Å². The Kier molecular flexibility index (Phi) is 3.94. The normalized spacial score (nSPS) is 17.7. The van der Waals surface area contributed by atoms with Gasteiger partial charge in [0.2, 0.25) is 0 Å². The molecule has 1 aliphatic heterocycles. The molecule has 100 valence electrons. The van der Waals surface area contributed by atoms with Crippen molar-refractivity contribution < 1.29 is 0 Å². The number of H-pyrrole nitrogens is 1. The lowest BCUT2D eigenvalue weighted by atomic mass is 9.95. The van der Waals surface area contributed by atoms with Gasteiger partial charge in [-0.2, -0.15) is 0 Å². The van der Waals surface area contributed by atoms with Crippen LogP contribution in [0.5, 0.6) is 0 Å². The van der Waals surface area contributed by atoms with Gasteiger partial charge in [-0.1, -0.05) is 30.3 Å². The van der Waals surface area contributed by atoms with E-state index in [0.717, 1.165) is 12.2 Å². The summed E-state index contributed by atoms with van der Waals surface area (Å²) in [5.74, 6) is 1.47. The number of nitrogens with one attached hydrogen (secondary N) is 1. The Balaban J connectivity index is 1.73. The van der Waals surface area contributed by atoms with Crippen molar-refractivity contribution in [2.45, 2.75) is 25.2 Å². The summed E-state index contributed by atoms with van der Waals surface area (Å²) in [7, 11) is 0. The van der Waals surface area contributed by atoms with Gasteiger partial charge >= 0.3 is 0 Å². The Labute approximate surface area is 114 Å². The molecule has 2 aromatic rings. The fraction of sp³-hybridized carbons (Fsp3) is 0.438. The van der Waals surface area contributed by atoms with E-state index in [1.807, 2.05) is 12.4 Å². The number of aromatic amines is 1. The van der Waals surface area contributed by atoms with Gasteiger partial charge in [0.15, 0.2) is 0 Å². The van der Waals surface area contributed by atoms with Crippen LogP contribution in [0, 0.1) is 0 Å². The van der Waals surface area contributed by atoms with Crippen molar-refractivity contribution in [2.75, 3.05) is 19.6 Å². The lowest BCUT2D eigenvalue weighted by Gasteiger charge is -2.20. The fourth-order valence-corrected chi connectivity index (χ4v) is 2.93. The van der Waals surface area contributed by atoms with Crippen molar-refractivity contribution in [2.24, 2.45) is 0 Å². The summed E-state index contributed by atoms with van der Waals surface area (Å²) in [6.45, 7) is 3.69. The Morgan fingerprint density at radius 1 is 1.16 bits per heavy atom. The van der Waals surface area contributed by atoms with E-state index in [2.05, 4.69) is 45.2 Å². The van der Waals surface area contributed by atoms with Gasteiger partial charge in [-0.05, 0) is 44.5 Å². The van der Waals surface area contributed by atoms with E-state index in [1.165, 1.54) is 38.0 Å². The molecule has 0 spiro atoms. The molecule has 0 saturated carbocycles. The maximum absolute atomic E-state index is 4.46. The van der Waals surface area contributed by atoms with Gasteiger partial charge in [0.05, 0.1) is 0 Å². The highest BCUT2D eigenvalue weighted by Crippen LogP contribution is 2.26. The fourth-order valence-electron chi connectivity index (χ4n) is 2.93. The molecule has 1 aromatic heterocycles. The zero-order valence-electron chi connectivity index (χ0n) is 11.3. The molecule has 1 atom stereocenters. The Bertz CT molecular complexity index is 472. The van der Waals surface area contributed by atoms with Crippen LogP contribution in [0.25, 0.3) is 0 Å². The smallest absolute Gasteiger partial charge is 0.113 e. The highest BCUT2D eigenvalue weighted by molar-refractivity contribution is 5.25. The molecule has 0 aliphatic carbocycles. The predicted octanol–water partition coefficient (Wildman–Crippen LogP) is 3.03. The van der Waals surface area contributed by atoms with Gasteiger partial charge in [0, 0.05) is 18.3 Å². The van der Waals surface area contributed by atoms with E-state index < -0.39 is 0 Å². The minimum absolute atomic E-state index is 0.386. The quantitative estimate of drug-likeness (QED) is 0.890. The van der Waals surface area contributed by atoms with Gasteiger partial charge in [0.25, 0.3) is 0 Å². The highest BCUT2D eigenvalue weighted by Gasteiger charge is 2.19. The molecule has 1 unspecified atom stereocenters. The third-order valence-corrected chi connectivity index (χ3v) is 3.98. The number of aromatic nitrogens is 2. The third kappa shape index (κ3) is 3.04. The number of hydrogen-bond donors (Lipinski definition) is 1. The van der Waals surface area contributed by atoms with Crippen LogP contribution in [-0.4, -0.2) is 34.5 Å². The first-order valence-corrected chi connectivity index (χ1v) is 7.20. The van der Waals surface area contributed by atoms with Gasteiger partial charge < -0.3 is 9.88 Å². The first-order chi connectivity index (χ1) is 9.43. The molecule has 1 aliphatic rings. The van der Waals surface area contributed by atoms with Crippen LogP contribution < -0.4 is 0 Å². The zero-order valence-corrected chi connectivity index (χ0v) is 11.3. The van der Waals surface area contributed by atoms with Gasteiger partial charge in [0.1, 0.15) is 5.82 Å². The minimum Gasteiger partial charge on any atom is -0.348 e. The molecule has 3 nitrogen and oxygen atoms in total. The van der Waals surface area contributed by atoms with Crippen LogP contribution in [0.1, 0.15) is 36.6 Å². The minimum atomic E-state index is 0.386. The van der Waals surface area contributed by atoms with E-state index in [1.54, 1.807) is 0 Å². The van der Waals surface area contributed by atoms with Crippen LogP contribution in [0.15, 0.2) is 42.7 Å². The summed E-state index contributed by atoms with van der Waals surface area (Å²) in [6, 6.07) is 10.7. The molecule has 1 saturated heterocycles. The first kappa shape index (κ1) is 12.4. The molecule has 2 heterocycles. The van der Waals surface area contributed by atoms with Crippen LogP contribution in [-0.2, 0) is 0 Å². The first-order valence-electron chi connectivity index (χ1n) is 7.20. The number of hydrogen-bond acceptors (Lipinski definition) is 2. The lowest BCUT2D eigenvalue weighted by molar-refractivity contribution is 0.326. The van der Waals surface area contributed by atoms with Crippen LogP contribution in [0.2, 0.25) is 0 Å². The van der Waals surface area contributed by atoms with E-state index in [0.29, 0.717) is 5.92 Å². The predicted molar refractivity (Wildman–Crippen MR) is 77.2 cm³/mol. The molecule has 1 aromatic carbocycles. The second-order valence-electron chi connectivity index (χ2n) is 5.28. The number of imidazole rings is 1. The molecule has 19 heavy (non-hydrogen) atoms. The number of benzene rings is 1. The molecular weight excluding hydrogens is 234 g/mol. The lowest BCUT2D eigenvalue weighted by Crippen LogP contribution is -2.22. The van der Waals surface area contributed by atoms with Crippen LogP contribution >= 0.6 is 0 Å². The van der Waals surface area contributed by atoms with Crippen molar-refractivity contribution in [1.29, 1.82) is 0 Å². The maximum Gasteiger partial charge on any atom is 0.113 e. The van der Waals surface area contributed by atoms with E-state index in [9.17, 15) is 0 Å². The standard InChI is InChI=1S/C16H21N3/c1-2-6-14(7-3-1)15(16-17-9-10-18-16)8-13-19-11-4-5-12-19/h1-3,6-7,9-10,15H,4-5,8,11-13H2,(H,17,18). The summed E-state index contributed by atoms with van der Waals surface area (Å²) in [5.41, 5.74) is 1.36. The molecule has 3 rings (SSSR count). The van der Waals surface area contributed by atoms with E-state index in [-0.39, 0.29) is 0 Å². The van der Waals surface area contributed by atoms with Gasteiger partial charge in [-0.25, -0.2) is 4.98 Å². The topological polar surface area (TPSA) is 31.9 Å². The van der Waals surface area contributed by atoms with Crippen molar-refractivity contribution in [3.63, 3.8) is 0 Å². The van der Waals surface area contributed by atoms with Crippen molar-refractivity contribution in [3.8, 4) is 0 Å². The molecule has 1 fully saturated rings. The van der Waals surface area contributed by atoms with Crippen molar-refractivity contribution in [1.82, 2.24) is 14.9 Å². The summed E-state index contributed by atoms with van der Waals surface area (Å²) in [4.78, 5) is 10.3. The molecule has 3 heteroatoms. The Hall–Kier alpha value is -1.61. The summed E-state index contributed by atoms with van der Waals surface area (Å²) < 4.78 is 0. The second kappa shape index (κ2) is 6.02. The third-order valence-electron chi connectivity index (χ3n) is 3.98. The number of likely N-dealkylation sites (tertiary alicyclic amines) is 1. The Morgan fingerprint density at radius 2 is 1.95 bits per heavy atom. The molecule has 1 N–H and O–H groups in total. The SMILES string of the molecule is c1ccc(C(CCN2CCCC2)c2ncc[nH]2)cc1. The van der Waals surface area contributed by atoms with Crippen LogP contribution in [0.4, 0.5) is 0 Å². The average Bonchev–Trinajstić information content (AvgIpc) is 3.13. The van der Waals surface area contributed by atoms with E-state index in [4.69, 9.17) is 0 Å². The average molecular weight is 255 g/mol. The largest absolute Gasteiger partial charge is 0.348 e. The number of rotatable bonds is 5. The molecule has 0 bridgehead atoms. The summed E-state index contributed by atoms with van der Waals surface area (Å²) >= 11 is 0. The summed E-state index contributed by atoms with van der Waals surface area (Å²) in [5, 5.41) is 0. The van der Waals surface area contributed by atoms with Crippen molar-refractivity contribution >= 4 is 0 Å². The maximum atomic E-state index is 4.46. The zero-order chi connectivity index (χ0) is 12.9. The second-order valence-corrected chi connectivity index (χ2v) is 5.28. The van der Waals surface area contributed by atoms with Crippen LogP contribution in [0.3, 0.4) is 0 Å². The number of nitrogens with zero attached hydrogens (tertiary/aromatic N) is 2. The molecule has 0 radical (unpaired) electrons. The highest BCUT2D eigenvalue weighted by atomic mass is 15.1. The Morgan fingerprint density at radius 3 is 2.63 bits per heavy atom. The van der Waals surface area contributed by atoms with Crippen molar-refractivity contribution in [3.05, 3.63) is 54.1 Å². The summed E-state index contributed by atoms with van der Waals surface area (Å²) in [6.07, 6.45) is 7.62. The molecular formula is C16H21N3. The monoisotopic (exact) mass is 255 g/mol. The van der Waals surface area contributed by atoms with E-state index >= 15 is 0 Å². The molecule has 0 amide bonds. The van der Waals surface area contributed by atoms with Gasteiger partial charge in [-0.3, -0.25) is 0 Å².